The van der Waals surface area contributed by atoms with Gasteiger partial charge in [-0.2, -0.15) is 5.10 Å². The molecule has 1 fully saturated rings. The van der Waals surface area contributed by atoms with Gasteiger partial charge in [0.15, 0.2) is 5.69 Å². The maximum atomic E-state index is 13.7. The third-order valence-corrected chi connectivity index (χ3v) is 6.08. The topological polar surface area (TPSA) is 38.1 Å². The van der Waals surface area contributed by atoms with E-state index < -0.39 is 0 Å². The van der Waals surface area contributed by atoms with Crippen LogP contribution >= 0.6 is 11.8 Å². The zero-order chi connectivity index (χ0) is 16.8. The van der Waals surface area contributed by atoms with Gasteiger partial charge < -0.3 is 4.90 Å². The van der Waals surface area contributed by atoms with E-state index in [1.54, 1.807) is 28.6 Å². The lowest BCUT2D eigenvalue weighted by Gasteiger charge is -2.33. The molecule has 6 heteroatoms. The summed E-state index contributed by atoms with van der Waals surface area (Å²) in [6.45, 7) is 2.90. The van der Waals surface area contributed by atoms with Crippen molar-refractivity contribution in [2.75, 3.05) is 6.54 Å². The monoisotopic (exact) mass is 345 g/mol. The fraction of sp³-hybridized carbons (Fsp3) is 0.444. The van der Waals surface area contributed by atoms with Gasteiger partial charge in [-0.1, -0.05) is 0 Å². The SMILES string of the molecule is C[C@@H]1CCCCN1C(=O)c1nn(C)c2c1CSc1ccc(F)cc1-2. The minimum Gasteiger partial charge on any atom is -0.335 e. The van der Waals surface area contributed by atoms with Crippen LogP contribution in [0.25, 0.3) is 11.3 Å². The molecule has 2 aliphatic rings. The fourth-order valence-electron chi connectivity index (χ4n) is 3.71. The van der Waals surface area contributed by atoms with Crippen LogP contribution in [0.5, 0.6) is 0 Å². The molecule has 24 heavy (non-hydrogen) atoms. The number of nitrogens with zero attached hydrogens (tertiary/aromatic N) is 3. The third kappa shape index (κ3) is 2.44. The average molecular weight is 345 g/mol. The molecule has 4 nitrogen and oxygen atoms in total. The van der Waals surface area contributed by atoms with Crippen LogP contribution < -0.4 is 0 Å². The molecule has 126 valence electrons. The number of likely N-dealkylation sites (tertiary alicyclic amines) is 1. The van der Waals surface area contributed by atoms with Gasteiger partial charge >= 0.3 is 0 Å². The molecule has 3 heterocycles. The van der Waals surface area contributed by atoms with Gasteiger partial charge in [0, 0.05) is 41.4 Å². The van der Waals surface area contributed by atoms with Crippen molar-refractivity contribution in [3.05, 3.63) is 35.3 Å². The quantitative estimate of drug-likeness (QED) is 0.788. The summed E-state index contributed by atoms with van der Waals surface area (Å²) in [6, 6.07) is 5.08. The maximum absolute atomic E-state index is 13.7. The summed E-state index contributed by atoms with van der Waals surface area (Å²) < 4.78 is 15.4. The lowest BCUT2D eigenvalue weighted by atomic mass is 10.0. The number of rotatable bonds is 1. The molecule has 0 aliphatic carbocycles. The number of halogens is 1. The molecular weight excluding hydrogens is 325 g/mol. The van der Waals surface area contributed by atoms with Crippen molar-refractivity contribution in [1.29, 1.82) is 0 Å². The van der Waals surface area contributed by atoms with Crippen molar-refractivity contribution in [1.82, 2.24) is 14.7 Å². The summed E-state index contributed by atoms with van der Waals surface area (Å²) in [7, 11) is 1.83. The van der Waals surface area contributed by atoms with Crippen molar-refractivity contribution in [3.8, 4) is 11.3 Å². The maximum Gasteiger partial charge on any atom is 0.274 e. The number of benzene rings is 1. The third-order valence-electron chi connectivity index (χ3n) is 4.98. The van der Waals surface area contributed by atoms with Gasteiger partial charge in [-0.15, -0.1) is 11.8 Å². The highest BCUT2D eigenvalue weighted by atomic mass is 32.2. The smallest absolute Gasteiger partial charge is 0.274 e. The van der Waals surface area contributed by atoms with E-state index in [9.17, 15) is 9.18 Å². The molecule has 2 aromatic rings. The molecule has 0 N–H and O–H groups in total. The number of amides is 1. The molecule has 1 amide bonds. The number of carbonyl (C=O) groups is 1. The molecule has 0 radical (unpaired) electrons. The zero-order valence-corrected chi connectivity index (χ0v) is 14.7. The van der Waals surface area contributed by atoms with E-state index in [0.717, 1.165) is 41.1 Å². The predicted octanol–water partition coefficient (Wildman–Crippen LogP) is 3.85. The van der Waals surface area contributed by atoms with Gasteiger partial charge in [-0.25, -0.2) is 4.39 Å². The largest absolute Gasteiger partial charge is 0.335 e. The van der Waals surface area contributed by atoms with E-state index in [-0.39, 0.29) is 17.8 Å². The number of piperidine rings is 1. The molecule has 1 atom stereocenters. The molecule has 0 unspecified atom stereocenters. The summed E-state index contributed by atoms with van der Waals surface area (Å²) in [5.41, 5.74) is 3.17. The van der Waals surface area contributed by atoms with Crippen LogP contribution in [-0.4, -0.2) is 33.2 Å². The molecule has 0 spiro atoms. The van der Waals surface area contributed by atoms with Crippen LogP contribution in [0.3, 0.4) is 0 Å². The second-order valence-electron chi connectivity index (χ2n) is 6.57. The molecule has 2 aliphatic heterocycles. The average Bonchev–Trinajstić information content (AvgIpc) is 2.92. The van der Waals surface area contributed by atoms with E-state index in [4.69, 9.17) is 0 Å². The summed E-state index contributed by atoms with van der Waals surface area (Å²) in [6.07, 6.45) is 3.27. The second kappa shape index (κ2) is 5.92. The van der Waals surface area contributed by atoms with Crippen LogP contribution in [0.15, 0.2) is 23.1 Å². The number of carbonyl (C=O) groups excluding carboxylic acids is 1. The van der Waals surface area contributed by atoms with Crippen molar-refractivity contribution < 1.29 is 9.18 Å². The molecule has 1 saturated heterocycles. The number of aromatic nitrogens is 2. The van der Waals surface area contributed by atoms with Crippen molar-refractivity contribution in [2.45, 2.75) is 42.9 Å². The first-order valence-corrected chi connectivity index (χ1v) is 9.34. The van der Waals surface area contributed by atoms with E-state index in [1.807, 2.05) is 11.9 Å². The fourth-order valence-corrected chi connectivity index (χ4v) is 4.76. The van der Waals surface area contributed by atoms with Gasteiger partial charge in [0.05, 0.1) is 5.69 Å². The van der Waals surface area contributed by atoms with Gasteiger partial charge in [0.2, 0.25) is 0 Å². The number of hydrogen-bond donors (Lipinski definition) is 0. The Balaban J connectivity index is 1.78. The standard InChI is InChI=1S/C18H20FN3OS/c1-11-5-3-4-8-22(11)18(23)16-14-10-24-15-7-6-12(19)9-13(15)17(14)21(2)20-16/h6-7,9,11H,3-5,8,10H2,1-2H3/t11-/m1/s1. The van der Waals surface area contributed by atoms with Crippen molar-refractivity contribution in [3.63, 3.8) is 0 Å². The Kier molecular flexibility index (Phi) is 3.87. The van der Waals surface area contributed by atoms with Crippen LogP contribution in [-0.2, 0) is 12.8 Å². The molecule has 1 aromatic heterocycles. The Morgan fingerprint density at radius 1 is 1.38 bits per heavy atom. The van der Waals surface area contributed by atoms with Crippen molar-refractivity contribution in [2.24, 2.45) is 7.05 Å². The first kappa shape index (κ1) is 15.7. The second-order valence-corrected chi connectivity index (χ2v) is 7.59. The first-order valence-electron chi connectivity index (χ1n) is 8.36. The molecule has 1 aromatic carbocycles. The van der Waals surface area contributed by atoms with Gasteiger partial charge in [-0.05, 0) is 44.4 Å². The van der Waals surface area contributed by atoms with E-state index in [0.29, 0.717) is 11.4 Å². The van der Waals surface area contributed by atoms with Gasteiger partial charge in [0.1, 0.15) is 5.82 Å². The van der Waals surface area contributed by atoms with E-state index in [2.05, 4.69) is 12.0 Å². The first-order chi connectivity index (χ1) is 11.6. The van der Waals surface area contributed by atoms with Gasteiger partial charge in [0.25, 0.3) is 5.91 Å². The highest BCUT2D eigenvalue weighted by Gasteiger charge is 2.32. The lowest BCUT2D eigenvalue weighted by Crippen LogP contribution is -2.42. The number of thioether (sulfide) groups is 1. The Bertz CT molecular complexity index is 817. The Hall–Kier alpha value is -1.82. The van der Waals surface area contributed by atoms with Crippen LogP contribution in [0.2, 0.25) is 0 Å². The summed E-state index contributed by atoms with van der Waals surface area (Å²) in [5, 5.41) is 4.52. The predicted molar refractivity (Wildman–Crippen MR) is 92.5 cm³/mol. The number of aryl methyl sites for hydroxylation is 1. The van der Waals surface area contributed by atoms with Gasteiger partial charge in [-0.3, -0.25) is 9.48 Å². The molecule has 0 bridgehead atoms. The molecule has 4 rings (SSSR count). The minimum absolute atomic E-state index is 0.0134. The van der Waals surface area contributed by atoms with Crippen LogP contribution in [0.1, 0.15) is 42.2 Å². The Morgan fingerprint density at radius 2 is 2.21 bits per heavy atom. The molecule has 0 saturated carbocycles. The minimum atomic E-state index is -0.263. The van der Waals surface area contributed by atoms with Crippen LogP contribution in [0.4, 0.5) is 4.39 Å². The summed E-state index contributed by atoms with van der Waals surface area (Å²) in [4.78, 5) is 16.0. The van der Waals surface area contributed by atoms with Crippen molar-refractivity contribution >= 4 is 17.7 Å². The number of fused-ring (bicyclic) bond motifs is 3. The van der Waals surface area contributed by atoms with Crippen LogP contribution in [0, 0.1) is 5.82 Å². The molecular formula is C18H20FN3OS. The summed E-state index contributed by atoms with van der Waals surface area (Å²) in [5.74, 6) is 0.450. The Morgan fingerprint density at radius 3 is 3.00 bits per heavy atom. The highest BCUT2D eigenvalue weighted by Crippen LogP contribution is 2.43. The normalized spacial score (nSPS) is 19.8. The zero-order valence-electron chi connectivity index (χ0n) is 13.9. The number of hydrogen-bond acceptors (Lipinski definition) is 3. The lowest BCUT2D eigenvalue weighted by molar-refractivity contribution is 0.0628. The Labute approximate surface area is 145 Å². The highest BCUT2D eigenvalue weighted by molar-refractivity contribution is 7.98. The van der Waals surface area contributed by atoms with E-state index in [1.165, 1.54) is 12.5 Å². The summed E-state index contributed by atoms with van der Waals surface area (Å²) >= 11 is 1.64. The van der Waals surface area contributed by atoms with E-state index >= 15 is 0 Å².